The number of nitroso groups, excluding NO2 is 1. The van der Waals surface area contributed by atoms with Crippen molar-refractivity contribution >= 4 is 34.6 Å². The first-order valence-corrected chi connectivity index (χ1v) is 14.8. The second kappa shape index (κ2) is 15.1. The molecule has 2 aliphatic heterocycles. The normalized spacial score (nSPS) is 15.4. The standard InChI is InChI=1S/C32H33N5O4.C2H6O/c1-22(12-13-23(2)41-21-25-9-5-4-6-10-25)37-31-28(30(33-37)24(3)34-40)18-20-36(32(31)39)27-16-14-26(15-17-27)35-19-8-7-11-29(35)38;1-2-3/h4-6,9-10,12-17H,3,7-8,11,18-21H2,1-2H3;3H,2H2,1H3/b22-12+,23-13+;. The molecule has 0 aliphatic carbocycles. The Morgan fingerprint density at radius 2 is 1.64 bits per heavy atom. The number of carbonyl (C=O) groups is 2. The van der Waals surface area contributed by atoms with E-state index in [1.807, 2.05) is 80.6 Å². The molecule has 2 aromatic carbocycles. The summed E-state index contributed by atoms with van der Waals surface area (Å²) in [7, 11) is 0. The molecule has 10 nitrogen and oxygen atoms in total. The van der Waals surface area contributed by atoms with E-state index in [4.69, 9.17) is 9.84 Å². The SMILES string of the molecule is C=C(N=O)c1nn(/C(C)=C/C=C(\C)OCc2ccccc2)c2c1CCN(c1ccc(N3CCCCC3=O)cc1)C2=O.CCO. The number of hydrogen-bond donors (Lipinski definition) is 1. The summed E-state index contributed by atoms with van der Waals surface area (Å²) < 4.78 is 7.41. The predicted molar refractivity (Wildman–Crippen MR) is 173 cm³/mol. The van der Waals surface area contributed by atoms with Crippen LogP contribution in [-0.2, 0) is 22.6 Å². The number of fused-ring (bicyclic) bond motifs is 1. The van der Waals surface area contributed by atoms with Gasteiger partial charge in [-0.15, -0.1) is 4.91 Å². The highest BCUT2D eigenvalue weighted by Crippen LogP contribution is 2.32. The lowest BCUT2D eigenvalue weighted by Crippen LogP contribution is -2.39. The van der Waals surface area contributed by atoms with Crippen molar-refractivity contribution in [3.05, 3.63) is 107 Å². The van der Waals surface area contributed by atoms with Gasteiger partial charge in [-0.25, -0.2) is 4.68 Å². The summed E-state index contributed by atoms with van der Waals surface area (Å²) in [5.74, 6) is 0.591. The number of piperidine rings is 1. The van der Waals surface area contributed by atoms with Gasteiger partial charge >= 0.3 is 0 Å². The third-order valence-electron chi connectivity index (χ3n) is 7.40. The Hall–Kier alpha value is -4.83. The van der Waals surface area contributed by atoms with E-state index in [1.54, 1.807) is 21.4 Å². The number of ether oxygens (including phenoxy) is 1. The largest absolute Gasteiger partial charge is 0.494 e. The first-order chi connectivity index (χ1) is 21.3. The Labute approximate surface area is 257 Å². The van der Waals surface area contributed by atoms with Crippen LogP contribution in [0.3, 0.4) is 0 Å². The van der Waals surface area contributed by atoms with E-state index in [9.17, 15) is 14.5 Å². The van der Waals surface area contributed by atoms with E-state index in [0.29, 0.717) is 60.9 Å². The van der Waals surface area contributed by atoms with Crippen LogP contribution in [0.4, 0.5) is 11.4 Å². The monoisotopic (exact) mass is 597 g/mol. The van der Waals surface area contributed by atoms with Crippen LogP contribution in [0.2, 0.25) is 0 Å². The number of aliphatic hydroxyl groups is 1. The van der Waals surface area contributed by atoms with Crippen LogP contribution in [0, 0.1) is 4.91 Å². The second-order valence-corrected chi connectivity index (χ2v) is 10.5. The molecule has 2 aliphatic rings. The number of hydrogen-bond acceptors (Lipinski definition) is 7. The van der Waals surface area contributed by atoms with Gasteiger partial charge in [-0.05, 0) is 87.2 Å². The summed E-state index contributed by atoms with van der Waals surface area (Å²) in [5, 5.41) is 15.2. The zero-order valence-corrected chi connectivity index (χ0v) is 25.5. The number of amides is 2. The summed E-state index contributed by atoms with van der Waals surface area (Å²) >= 11 is 0. The average molecular weight is 598 g/mol. The Balaban J connectivity index is 0.00000141. The lowest BCUT2D eigenvalue weighted by Gasteiger charge is -2.30. The van der Waals surface area contributed by atoms with E-state index in [0.717, 1.165) is 29.8 Å². The van der Waals surface area contributed by atoms with Gasteiger partial charge in [0.25, 0.3) is 5.91 Å². The minimum absolute atomic E-state index is 0.0116. The molecule has 1 N–H and O–H groups in total. The van der Waals surface area contributed by atoms with Crippen LogP contribution in [-0.4, -0.2) is 46.4 Å². The number of carbonyl (C=O) groups excluding carboxylic acids is 2. The van der Waals surface area contributed by atoms with Gasteiger partial charge in [-0.3, -0.25) is 9.59 Å². The Kier molecular flexibility index (Phi) is 11.0. The van der Waals surface area contributed by atoms with Crippen molar-refractivity contribution in [2.45, 2.75) is 53.1 Å². The van der Waals surface area contributed by atoms with Crippen LogP contribution in [0.15, 0.2) is 84.3 Å². The van der Waals surface area contributed by atoms with Gasteiger partial charge in [-0.2, -0.15) is 5.10 Å². The maximum Gasteiger partial charge on any atom is 0.277 e. The molecule has 5 rings (SSSR count). The molecule has 3 heterocycles. The van der Waals surface area contributed by atoms with Crippen LogP contribution in [0.5, 0.6) is 0 Å². The van der Waals surface area contributed by atoms with Gasteiger partial charge < -0.3 is 19.6 Å². The second-order valence-electron chi connectivity index (χ2n) is 10.5. The lowest BCUT2D eigenvalue weighted by atomic mass is 10.0. The number of rotatable bonds is 9. The molecule has 0 spiro atoms. The molecule has 44 heavy (non-hydrogen) atoms. The summed E-state index contributed by atoms with van der Waals surface area (Å²) in [6, 6.07) is 17.4. The maximum atomic E-state index is 13.9. The number of anilines is 2. The molecule has 0 bridgehead atoms. The molecule has 1 aromatic heterocycles. The zero-order chi connectivity index (χ0) is 31.6. The maximum absolute atomic E-state index is 13.9. The highest BCUT2D eigenvalue weighted by Gasteiger charge is 2.34. The van der Waals surface area contributed by atoms with Crippen LogP contribution < -0.4 is 9.80 Å². The van der Waals surface area contributed by atoms with E-state index in [1.165, 1.54) is 0 Å². The van der Waals surface area contributed by atoms with Crippen molar-refractivity contribution in [2.24, 2.45) is 5.18 Å². The van der Waals surface area contributed by atoms with Gasteiger partial charge in [0, 0.05) is 48.8 Å². The predicted octanol–water partition coefficient (Wildman–Crippen LogP) is 6.32. The van der Waals surface area contributed by atoms with Crippen molar-refractivity contribution in [3.8, 4) is 0 Å². The minimum Gasteiger partial charge on any atom is -0.494 e. The molecule has 10 heteroatoms. The minimum atomic E-state index is -0.237. The van der Waals surface area contributed by atoms with Gasteiger partial charge in [0.1, 0.15) is 23.7 Å². The topological polar surface area (TPSA) is 117 Å². The molecule has 3 aromatic rings. The number of benzene rings is 2. The number of aromatic nitrogens is 2. The molecular formula is C34H39N5O5. The quantitative estimate of drug-likeness (QED) is 0.175. The Morgan fingerprint density at radius 1 is 0.977 bits per heavy atom. The van der Waals surface area contributed by atoms with Crippen LogP contribution in [0.1, 0.15) is 67.3 Å². The fourth-order valence-electron chi connectivity index (χ4n) is 5.16. The lowest BCUT2D eigenvalue weighted by molar-refractivity contribution is -0.119. The molecule has 1 fully saturated rings. The first kappa shape index (κ1) is 32.1. The summed E-state index contributed by atoms with van der Waals surface area (Å²) in [5.41, 5.74) is 4.63. The van der Waals surface area contributed by atoms with Crippen molar-refractivity contribution in [2.75, 3.05) is 29.5 Å². The van der Waals surface area contributed by atoms with E-state index in [2.05, 4.69) is 16.9 Å². The van der Waals surface area contributed by atoms with E-state index >= 15 is 0 Å². The Bertz CT molecular complexity index is 1560. The van der Waals surface area contributed by atoms with Crippen LogP contribution in [0.25, 0.3) is 11.4 Å². The highest BCUT2D eigenvalue weighted by atomic mass is 16.5. The Morgan fingerprint density at radius 3 is 2.27 bits per heavy atom. The molecule has 0 radical (unpaired) electrons. The van der Waals surface area contributed by atoms with Crippen molar-refractivity contribution in [1.29, 1.82) is 0 Å². The van der Waals surface area contributed by atoms with E-state index in [-0.39, 0.29) is 24.1 Å². The van der Waals surface area contributed by atoms with Gasteiger partial charge in [0.2, 0.25) is 5.91 Å². The fraction of sp³-hybridized carbons (Fsp3) is 0.324. The van der Waals surface area contributed by atoms with Crippen molar-refractivity contribution in [1.82, 2.24) is 9.78 Å². The molecule has 2 amide bonds. The molecular weight excluding hydrogens is 558 g/mol. The van der Waals surface area contributed by atoms with Gasteiger partial charge in [0.15, 0.2) is 0 Å². The fourth-order valence-corrected chi connectivity index (χ4v) is 5.16. The molecule has 0 unspecified atom stereocenters. The molecule has 1 saturated heterocycles. The third-order valence-corrected chi connectivity index (χ3v) is 7.40. The average Bonchev–Trinajstić information content (AvgIpc) is 3.44. The van der Waals surface area contributed by atoms with Crippen molar-refractivity contribution in [3.63, 3.8) is 0 Å². The molecule has 0 saturated carbocycles. The number of allylic oxidation sites excluding steroid dienone is 4. The smallest absolute Gasteiger partial charge is 0.277 e. The number of nitrogens with zero attached hydrogens (tertiary/aromatic N) is 5. The van der Waals surface area contributed by atoms with Gasteiger partial charge in [0.05, 0.1) is 5.76 Å². The molecule has 0 atom stereocenters. The summed E-state index contributed by atoms with van der Waals surface area (Å²) in [6.45, 7) is 10.9. The highest BCUT2D eigenvalue weighted by molar-refractivity contribution is 6.08. The van der Waals surface area contributed by atoms with E-state index < -0.39 is 0 Å². The molecule has 230 valence electrons. The first-order valence-electron chi connectivity index (χ1n) is 14.8. The summed E-state index contributed by atoms with van der Waals surface area (Å²) in [6.07, 6.45) is 6.59. The van der Waals surface area contributed by atoms with Crippen LogP contribution >= 0.6 is 0 Å². The summed E-state index contributed by atoms with van der Waals surface area (Å²) in [4.78, 5) is 41.1. The third kappa shape index (κ3) is 7.38. The van der Waals surface area contributed by atoms with Gasteiger partial charge in [-0.1, -0.05) is 36.9 Å². The van der Waals surface area contributed by atoms with Crippen molar-refractivity contribution < 1.29 is 19.4 Å². The number of aliphatic hydroxyl groups excluding tert-OH is 1. The zero-order valence-electron chi connectivity index (χ0n) is 25.5.